The number of non-ortho nitro benzene ring substituents is 1. The predicted molar refractivity (Wildman–Crippen MR) is 121 cm³/mol. The molecule has 0 bridgehead atoms. The zero-order chi connectivity index (χ0) is 24.7. The third kappa shape index (κ3) is 4.80. The van der Waals surface area contributed by atoms with Crippen LogP contribution in [0, 0.1) is 16.0 Å². The number of hydrogen-bond acceptors (Lipinski definition) is 7. The van der Waals surface area contributed by atoms with Gasteiger partial charge in [-0.2, -0.15) is 18.2 Å². The van der Waals surface area contributed by atoms with Gasteiger partial charge in [0, 0.05) is 68.6 Å². The van der Waals surface area contributed by atoms with Gasteiger partial charge in [-0.15, -0.1) is 0 Å². The molecule has 1 atom stereocenters. The van der Waals surface area contributed by atoms with Gasteiger partial charge in [0.05, 0.1) is 16.5 Å². The fourth-order valence-corrected chi connectivity index (χ4v) is 4.85. The lowest BCUT2D eigenvalue weighted by molar-refractivity contribution is -0.385. The number of nitro benzene ring substituents is 1. The number of rotatable bonds is 6. The van der Waals surface area contributed by atoms with E-state index in [0.29, 0.717) is 36.7 Å². The van der Waals surface area contributed by atoms with E-state index in [0.717, 1.165) is 49.9 Å². The Morgan fingerprint density at radius 3 is 2.74 bits per heavy atom. The highest BCUT2D eigenvalue weighted by atomic mass is 19.4. The Morgan fingerprint density at radius 1 is 1.26 bits per heavy atom. The third-order valence-corrected chi connectivity index (χ3v) is 6.70. The average molecular weight is 490 g/mol. The number of nitrogens with one attached hydrogen (secondary N) is 1. The molecular weight excluding hydrogens is 465 g/mol. The highest BCUT2D eigenvalue weighted by Gasteiger charge is 2.34. The summed E-state index contributed by atoms with van der Waals surface area (Å²) >= 11 is 0. The zero-order valence-electron chi connectivity index (χ0n) is 19.1. The van der Waals surface area contributed by atoms with Crippen molar-refractivity contribution in [2.45, 2.75) is 45.1 Å². The second-order valence-electron chi connectivity index (χ2n) is 9.14. The molecule has 1 fully saturated rings. The zero-order valence-corrected chi connectivity index (χ0v) is 19.1. The minimum absolute atomic E-state index is 0.155. The minimum atomic E-state index is -4.70. The first-order chi connectivity index (χ1) is 16.7. The summed E-state index contributed by atoms with van der Waals surface area (Å²) in [7, 11) is 0. The van der Waals surface area contributed by atoms with Crippen molar-refractivity contribution in [3.8, 4) is 0 Å². The maximum Gasteiger partial charge on any atom is 0.416 e. The van der Waals surface area contributed by atoms with Crippen LogP contribution in [0.1, 0.15) is 48.2 Å². The molecule has 4 heterocycles. The fourth-order valence-electron chi connectivity index (χ4n) is 4.85. The van der Waals surface area contributed by atoms with Crippen molar-refractivity contribution in [3.05, 3.63) is 63.1 Å². The second kappa shape index (κ2) is 9.08. The monoisotopic (exact) mass is 490 g/mol. The second-order valence-corrected chi connectivity index (χ2v) is 9.14. The van der Waals surface area contributed by atoms with E-state index in [4.69, 9.17) is 4.74 Å². The van der Waals surface area contributed by atoms with Crippen LogP contribution in [-0.4, -0.2) is 44.0 Å². The summed E-state index contributed by atoms with van der Waals surface area (Å²) in [4.78, 5) is 21.7. The Hall–Kier alpha value is -3.25. The van der Waals surface area contributed by atoms with E-state index in [1.54, 1.807) is 13.1 Å². The van der Waals surface area contributed by atoms with Gasteiger partial charge in [0.2, 0.25) is 5.78 Å². The van der Waals surface area contributed by atoms with Crippen molar-refractivity contribution in [1.29, 1.82) is 0 Å². The van der Waals surface area contributed by atoms with E-state index >= 15 is 0 Å². The van der Waals surface area contributed by atoms with Crippen LogP contribution in [0.25, 0.3) is 5.78 Å². The van der Waals surface area contributed by atoms with Crippen LogP contribution < -0.4 is 5.32 Å². The summed E-state index contributed by atoms with van der Waals surface area (Å²) in [6.07, 6.45) is 0.846. The summed E-state index contributed by atoms with van der Waals surface area (Å²) in [5, 5.41) is 14.5. The molecule has 2 aromatic heterocycles. The molecule has 5 rings (SSSR count). The molecule has 12 heteroatoms. The van der Waals surface area contributed by atoms with Crippen LogP contribution in [0.4, 0.5) is 24.7 Å². The van der Waals surface area contributed by atoms with Crippen molar-refractivity contribution >= 4 is 17.3 Å². The first-order valence-electron chi connectivity index (χ1n) is 11.5. The van der Waals surface area contributed by atoms with Gasteiger partial charge in [0.25, 0.3) is 5.69 Å². The summed E-state index contributed by atoms with van der Waals surface area (Å²) in [6.45, 7) is 5.48. The van der Waals surface area contributed by atoms with E-state index in [1.807, 2.05) is 10.6 Å². The third-order valence-electron chi connectivity index (χ3n) is 6.70. The molecule has 186 valence electrons. The van der Waals surface area contributed by atoms with Crippen molar-refractivity contribution in [2.24, 2.45) is 5.92 Å². The standard InChI is InChI=1S/C23H25F3N6O3/c1-14(16-8-17(23(24,25)26)10-18(9-16)32(33)34)28-21-19-12-30(11-15-2-6-35-7-3-15)13-20(19)31-5-4-27-22(31)29-21/h4-5,8-10,14-15H,2-3,6-7,11-13H2,1H3,(H,27,28,29)/t14-/m1/s1. The molecular formula is C23H25F3N6O3. The minimum Gasteiger partial charge on any atom is -0.381 e. The number of nitro groups is 1. The molecule has 0 spiro atoms. The summed E-state index contributed by atoms with van der Waals surface area (Å²) in [6, 6.07) is 2.00. The molecule has 2 aliphatic heterocycles. The molecule has 0 amide bonds. The molecule has 0 aliphatic carbocycles. The maximum atomic E-state index is 13.4. The van der Waals surface area contributed by atoms with Gasteiger partial charge >= 0.3 is 6.18 Å². The molecule has 0 saturated carbocycles. The predicted octanol–water partition coefficient (Wildman–Crippen LogP) is 4.57. The van der Waals surface area contributed by atoms with Crippen LogP contribution in [0.15, 0.2) is 30.6 Å². The summed E-state index contributed by atoms with van der Waals surface area (Å²) in [5.74, 6) is 1.56. The number of hydrogen-bond donors (Lipinski definition) is 1. The molecule has 35 heavy (non-hydrogen) atoms. The molecule has 0 radical (unpaired) electrons. The molecule has 0 unspecified atom stereocenters. The number of fused-ring (bicyclic) bond motifs is 3. The number of aromatic nitrogens is 3. The van der Waals surface area contributed by atoms with Gasteiger partial charge in [-0.1, -0.05) is 0 Å². The number of ether oxygens (including phenoxy) is 1. The van der Waals surface area contributed by atoms with Gasteiger partial charge in [-0.05, 0) is 37.3 Å². The largest absolute Gasteiger partial charge is 0.416 e. The SMILES string of the molecule is C[C@@H](Nc1nc2nccn2c2c1CN(CC1CCOCC1)C2)c1cc([N+](=O)[O-])cc(C(F)(F)F)c1. The first-order valence-corrected chi connectivity index (χ1v) is 11.5. The van der Waals surface area contributed by atoms with Gasteiger partial charge in [0.15, 0.2) is 0 Å². The fraction of sp³-hybridized carbons (Fsp3) is 0.478. The molecule has 9 nitrogen and oxygen atoms in total. The molecule has 1 saturated heterocycles. The van der Waals surface area contributed by atoms with Crippen LogP contribution in [0.3, 0.4) is 0 Å². The number of halogens is 3. The highest BCUT2D eigenvalue weighted by Crippen LogP contribution is 2.36. The Morgan fingerprint density at radius 2 is 2.03 bits per heavy atom. The van der Waals surface area contributed by atoms with Gasteiger partial charge in [-0.3, -0.25) is 19.4 Å². The lowest BCUT2D eigenvalue weighted by Gasteiger charge is -2.26. The molecule has 1 aromatic carbocycles. The average Bonchev–Trinajstić information content (AvgIpc) is 3.45. The lowest BCUT2D eigenvalue weighted by Crippen LogP contribution is -2.29. The number of benzene rings is 1. The smallest absolute Gasteiger partial charge is 0.381 e. The number of alkyl halides is 3. The van der Waals surface area contributed by atoms with Gasteiger partial charge in [-0.25, -0.2) is 4.98 Å². The van der Waals surface area contributed by atoms with E-state index in [1.165, 1.54) is 6.07 Å². The van der Waals surface area contributed by atoms with E-state index in [-0.39, 0.29) is 5.56 Å². The van der Waals surface area contributed by atoms with Crippen molar-refractivity contribution in [3.63, 3.8) is 0 Å². The molecule has 3 aromatic rings. The van der Waals surface area contributed by atoms with E-state index < -0.39 is 28.4 Å². The van der Waals surface area contributed by atoms with Gasteiger partial charge < -0.3 is 10.1 Å². The van der Waals surface area contributed by atoms with E-state index in [9.17, 15) is 23.3 Å². The van der Waals surface area contributed by atoms with Crippen molar-refractivity contribution < 1.29 is 22.8 Å². The van der Waals surface area contributed by atoms with Gasteiger partial charge in [0.1, 0.15) is 5.82 Å². The lowest BCUT2D eigenvalue weighted by atomic mass is 10.00. The Bertz CT molecular complexity index is 1260. The van der Waals surface area contributed by atoms with Crippen LogP contribution in [0.2, 0.25) is 0 Å². The normalized spacial score (nSPS) is 18.1. The van der Waals surface area contributed by atoms with Crippen LogP contribution in [-0.2, 0) is 24.0 Å². The Balaban J connectivity index is 1.44. The highest BCUT2D eigenvalue weighted by molar-refractivity contribution is 5.56. The van der Waals surface area contributed by atoms with E-state index in [2.05, 4.69) is 20.2 Å². The number of nitrogens with zero attached hydrogens (tertiary/aromatic N) is 5. The number of anilines is 1. The van der Waals surface area contributed by atoms with Crippen LogP contribution >= 0.6 is 0 Å². The molecule has 1 N–H and O–H groups in total. The Kier molecular flexibility index (Phi) is 6.09. The molecule has 2 aliphatic rings. The Labute approximate surface area is 199 Å². The summed E-state index contributed by atoms with van der Waals surface area (Å²) in [5.41, 5.74) is 0.482. The maximum absolute atomic E-state index is 13.4. The van der Waals surface area contributed by atoms with Crippen LogP contribution in [0.5, 0.6) is 0 Å². The van der Waals surface area contributed by atoms with Crippen molar-refractivity contribution in [1.82, 2.24) is 19.3 Å². The quantitative estimate of drug-likeness (QED) is 0.399. The van der Waals surface area contributed by atoms with Crippen molar-refractivity contribution in [2.75, 3.05) is 25.1 Å². The summed E-state index contributed by atoms with van der Waals surface area (Å²) < 4.78 is 47.5. The topological polar surface area (TPSA) is 97.8 Å². The number of imidazole rings is 1. The first kappa shape index (κ1) is 23.5.